The fourth-order valence-electron chi connectivity index (χ4n) is 5.49. The number of ether oxygens (including phenoxy) is 2. The fraction of sp³-hybridized carbons (Fsp3) is 0.905. The molecule has 1 saturated heterocycles. The molecule has 0 amide bonds. The van der Waals surface area contributed by atoms with Crippen LogP contribution in [0.4, 0.5) is 13.2 Å². The van der Waals surface area contributed by atoms with Gasteiger partial charge in [0.15, 0.2) is 0 Å². The largest absolute Gasteiger partial charge is 0.489 e. The van der Waals surface area contributed by atoms with E-state index in [4.69, 9.17) is 9.47 Å². The third-order valence-electron chi connectivity index (χ3n) is 6.98. The molecule has 26 heavy (non-hydrogen) atoms. The zero-order valence-corrected chi connectivity index (χ0v) is 16.0. The Bertz CT molecular complexity index is 452. The first-order chi connectivity index (χ1) is 12.4. The lowest BCUT2D eigenvalue weighted by atomic mass is 9.67. The number of halogens is 3. The van der Waals surface area contributed by atoms with Gasteiger partial charge in [0.25, 0.3) is 0 Å². The van der Waals surface area contributed by atoms with Crippen LogP contribution in [0.15, 0.2) is 12.3 Å². The minimum Gasteiger partial charge on any atom is -0.489 e. The maximum absolute atomic E-state index is 14.5. The smallest absolute Gasteiger partial charge is 0.304 e. The van der Waals surface area contributed by atoms with Crippen molar-refractivity contribution in [1.82, 2.24) is 0 Å². The summed E-state index contributed by atoms with van der Waals surface area (Å²) in [6.45, 7) is 5.07. The molecule has 0 aromatic carbocycles. The Kier molecular flexibility index (Phi) is 6.92. The second-order valence-electron chi connectivity index (χ2n) is 8.96. The van der Waals surface area contributed by atoms with Crippen molar-refractivity contribution in [2.24, 2.45) is 29.6 Å². The molecule has 2 nitrogen and oxygen atoms in total. The second kappa shape index (κ2) is 8.99. The zero-order chi connectivity index (χ0) is 18.7. The summed E-state index contributed by atoms with van der Waals surface area (Å²) >= 11 is 0. The molecule has 2 saturated carbocycles. The molecule has 3 aliphatic rings. The Balaban J connectivity index is 1.47. The van der Waals surface area contributed by atoms with E-state index < -0.39 is 18.4 Å². The molecular formula is C21H33F3O2. The van der Waals surface area contributed by atoms with Gasteiger partial charge in [0.1, 0.15) is 18.5 Å². The van der Waals surface area contributed by atoms with E-state index in [0.29, 0.717) is 42.5 Å². The van der Waals surface area contributed by atoms with Gasteiger partial charge in [-0.05, 0) is 81.0 Å². The second-order valence-corrected chi connectivity index (χ2v) is 8.96. The summed E-state index contributed by atoms with van der Waals surface area (Å²) in [6.07, 6.45) is 5.47. The molecule has 0 aromatic heterocycles. The van der Waals surface area contributed by atoms with Gasteiger partial charge in [-0.25, -0.2) is 4.39 Å². The number of rotatable bonds is 4. The van der Waals surface area contributed by atoms with Crippen LogP contribution in [0.3, 0.4) is 0 Å². The molecule has 1 heterocycles. The van der Waals surface area contributed by atoms with Crippen LogP contribution in [0, 0.1) is 29.6 Å². The monoisotopic (exact) mass is 374 g/mol. The lowest BCUT2D eigenvalue weighted by Crippen LogP contribution is -2.42. The van der Waals surface area contributed by atoms with E-state index in [1.807, 2.05) is 6.92 Å². The Labute approximate surface area is 155 Å². The summed E-state index contributed by atoms with van der Waals surface area (Å²) in [6, 6.07) is 0. The van der Waals surface area contributed by atoms with Crippen LogP contribution in [0.5, 0.6) is 0 Å². The van der Waals surface area contributed by atoms with Crippen LogP contribution in [0.1, 0.15) is 65.2 Å². The van der Waals surface area contributed by atoms with E-state index in [0.717, 1.165) is 25.9 Å². The third kappa shape index (κ3) is 4.96. The third-order valence-corrected chi connectivity index (χ3v) is 6.98. The molecule has 150 valence electrons. The number of hydrogen-bond donors (Lipinski definition) is 0. The van der Waals surface area contributed by atoms with Crippen molar-refractivity contribution in [2.45, 2.75) is 83.6 Å². The molecule has 5 heteroatoms. The van der Waals surface area contributed by atoms with Gasteiger partial charge < -0.3 is 9.47 Å². The minimum absolute atomic E-state index is 0.0276. The lowest BCUT2D eigenvalue weighted by molar-refractivity contribution is -0.0652. The van der Waals surface area contributed by atoms with Crippen molar-refractivity contribution in [1.29, 1.82) is 0 Å². The number of alkyl halides is 1. The zero-order valence-electron chi connectivity index (χ0n) is 16.0. The quantitative estimate of drug-likeness (QED) is 0.552. The van der Waals surface area contributed by atoms with Gasteiger partial charge >= 0.3 is 6.08 Å². The fourth-order valence-corrected chi connectivity index (χ4v) is 5.49. The molecule has 3 rings (SSSR count). The van der Waals surface area contributed by atoms with Gasteiger partial charge in [0.05, 0.1) is 6.10 Å². The van der Waals surface area contributed by atoms with Crippen molar-refractivity contribution in [3.63, 3.8) is 0 Å². The van der Waals surface area contributed by atoms with Gasteiger partial charge in [-0.15, -0.1) is 0 Å². The highest BCUT2D eigenvalue weighted by molar-refractivity contribution is 4.92. The summed E-state index contributed by atoms with van der Waals surface area (Å²) in [4.78, 5) is 0. The van der Waals surface area contributed by atoms with Crippen molar-refractivity contribution >= 4 is 0 Å². The molecule has 2 aliphatic carbocycles. The van der Waals surface area contributed by atoms with Crippen LogP contribution in [-0.4, -0.2) is 25.0 Å². The van der Waals surface area contributed by atoms with Crippen LogP contribution < -0.4 is 0 Å². The van der Waals surface area contributed by atoms with E-state index in [9.17, 15) is 13.2 Å². The van der Waals surface area contributed by atoms with Gasteiger partial charge in [0.2, 0.25) is 0 Å². The normalized spacial score (nSPS) is 44.3. The molecule has 6 atom stereocenters. The lowest BCUT2D eigenvalue weighted by Gasteiger charge is -2.43. The molecule has 0 aromatic rings. The van der Waals surface area contributed by atoms with E-state index in [1.54, 1.807) is 0 Å². The van der Waals surface area contributed by atoms with E-state index in [1.165, 1.54) is 25.7 Å². The topological polar surface area (TPSA) is 18.5 Å². The van der Waals surface area contributed by atoms with Crippen molar-refractivity contribution in [2.75, 3.05) is 6.61 Å². The predicted molar refractivity (Wildman–Crippen MR) is 95.5 cm³/mol. The highest BCUT2D eigenvalue weighted by atomic mass is 19.3. The maximum atomic E-state index is 14.5. The molecule has 0 bridgehead atoms. The standard InChI is InChI=1S/C21H33F3O2/c1-13-3-8-19(25-11-13)16-6-4-15(5-7-16)17-9-14(2)21(18(22)10-17)26-12-20(23)24/h12-19,21H,3-11H2,1-2H3. The first-order valence-corrected chi connectivity index (χ1v) is 10.4. The highest BCUT2D eigenvalue weighted by Gasteiger charge is 2.41. The van der Waals surface area contributed by atoms with Gasteiger partial charge in [0, 0.05) is 6.61 Å². The molecule has 0 radical (unpaired) electrons. The summed E-state index contributed by atoms with van der Waals surface area (Å²) in [7, 11) is 0. The average molecular weight is 374 g/mol. The SMILES string of the molecule is CC1CCC(C2CCC(C3CC(C)C(OC=C(F)F)C(F)C3)CC2)OC1. The van der Waals surface area contributed by atoms with E-state index in [2.05, 4.69) is 6.92 Å². The Hall–Kier alpha value is -0.710. The summed E-state index contributed by atoms with van der Waals surface area (Å²) < 4.78 is 50.1. The van der Waals surface area contributed by atoms with Crippen molar-refractivity contribution in [3.05, 3.63) is 12.3 Å². The van der Waals surface area contributed by atoms with Gasteiger partial charge in [-0.2, -0.15) is 8.78 Å². The summed E-state index contributed by atoms with van der Waals surface area (Å²) in [5, 5.41) is 0. The first kappa shape index (κ1) is 20.0. The van der Waals surface area contributed by atoms with Gasteiger partial charge in [-0.3, -0.25) is 0 Å². The summed E-state index contributed by atoms with van der Waals surface area (Å²) in [5.74, 6) is 2.23. The average Bonchev–Trinajstić information content (AvgIpc) is 2.61. The predicted octanol–water partition coefficient (Wildman–Crippen LogP) is 6.12. The molecule has 1 aliphatic heterocycles. The molecule has 0 spiro atoms. The highest BCUT2D eigenvalue weighted by Crippen LogP contribution is 2.45. The van der Waals surface area contributed by atoms with Crippen LogP contribution in [0.2, 0.25) is 0 Å². The molecular weight excluding hydrogens is 341 g/mol. The number of hydrogen-bond acceptors (Lipinski definition) is 2. The van der Waals surface area contributed by atoms with E-state index >= 15 is 0 Å². The Morgan fingerprint density at radius 2 is 1.62 bits per heavy atom. The Morgan fingerprint density at radius 3 is 2.19 bits per heavy atom. The van der Waals surface area contributed by atoms with E-state index in [-0.39, 0.29) is 5.92 Å². The minimum atomic E-state index is -1.90. The first-order valence-electron chi connectivity index (χ1n) is 10.4. The maximum Gasteiger partial charge on any atom is 0.304 e. The van der Waals surface area contributed by atoms with Crippen molar-refractivity contribution < 1.29 is 22.6 Å². The van der Waals surface area contributed by atoms with Crippen LogP contribution >= 0.6 is 0 Å². The van der Waals surface area contributed by atoms with Crippen LogP contribution in [0.25, 0.3) is 0 Å². The van der Waals surface area contributed by atoms with Crippen LogP contribution in [-0.2, 0) is 9.47 Å². The molecule has 0 N–H and O–H groups in total. The van der Waals surface area contributed by atoms with Gasteiger partial charge in [-0.1, -0.05) is 13.8 Å². The summed E-state index contributed by atoms with van der Waals surface area (Å²) in [5.41, 5.74) is 0. The van der Waals surface area contributed by atoms with Crippen molar-refractivity contribution in [3.8, 4) is 0 Å². The Morgan fingerprint density at radius 1 is 0.923 bits per heavy atom. The molecule has 6 unspecified atom stereocenters. The molecule has 3 fully saturated rings.